The molecule has 0 unspecified atom stereocenters. The van der Waals surface area contributed by atoms with E-state index < -0.39 is 0 Å². The van der Waals surface area contributed by atoms with Crippen LogP contribution in [0, 0.1) is 11.8 Å². The standard InChI is InChI=1S/C9H11N3O/c1-13-9-5-4-7(11)8(12-9)3-2-6-10/h4-5H,6,10-11H2,1H3. The number of aromatic nitrogens is 1. The molecule has 0 aliphatic rings. The largest absolute Gasteiger partial charge is 0.481 e. The van der Waals surface area contributed by atoms with Crippen LogP contribution < -0.4 is 16.2 Å². The van der Waals surface area contributed by atoms with Crippen LogP contribution >= 0.6 is 0 Å². The first-order valence-corrected chi connectivity index (χ1v) is 3.77. The third kappa shape index (κ3) is 2.36. The zero-order valence-corrected chi connectivity index (χ0v) is 7.37. The quantitative estimate of drug-likeness (QED) is 0.591. The molecule has 0 aliphatic heterocycles. The van der Waals surface area contributed by atoms with Gasteiger partial charge >= 0.3 is 0 Å². The van der Waals surface area contributed by atoms with Gasteiger partial charge in [0.1, 0.15) is 5.69 Å². The van der Waals surface area contributed by atoms with Gasteiger partial charge in [0, 0.05) is 6.07 Å². The average Bonchev–Trinajstić information content (AvgIpc) is 2.17. The molecule has 0 aliphatic carbocycles. The number of methoxy groups -OCH3 is 1. The zero-order chi connectivity index (χ0) is 9.68. The lowest BCUT2D eigenvalue weighted by atomic mass is 10.3. The predicted octanol–water partition coefficient (Wildman–Crippen LogP) is -0.0174. The lowest BCUT2D eigenvalue weighted by molar-refractivity contribution is 0.397. The van der Waals surface area contributed by atoms with E-state index in [2.05, 4.69) is 16.8 Å². The van der Waals surface area contributed by atoms with Crippen LogP contribution in [0.1, 0.15) is 5.69 Å². The lowest BCUT2D eigenvalue weighted by Gasteiger charge is -2.00. The molecule has 0 atom stereocenters. The lowest BCUT2D eigenvalue weighted by Crippen LogP contribution is -1.98. The molecule has 1 rings (SSSR count). The summed E-state index contributed by atoms with van der Waals surface area (Å²) in [4.78, 5) is 4.05. The Morgan fingerprint density at radius 3 is 2.92 bits per heavy atom. The molecule has 0 radical (unpaired) electrons. The normalized spacial score (nSPS) is 8.77. The Hall–Kier alpha value is -1.73. The second-order valence-electron chi connectivity index (χ2n) is 2.30. The molecular weight excluding hydrogens is 166 g/mol. The van der Waals surface area contributed by atoms with Gasteiger partial charge in [-0.3, -0.25) is 0 Å². The van der Waals surface area contributed by atoms with E-state index in [1.54, 1.807) is 19.2 Å². The van der Waals surface area contributed by atoms with Gasteiger partial charge in [0.2, 0.25) is 5.88 Å². The van der Waals surface area contributed by atoms with Crippen molar-refractivity contribution in [3.05, 3.63) is 17.8 Å². The molecule has 4 heteroatoms. The minimum absolute atomic E-state index is 0.290. The average molecular weight is 177 g/mol. The second kappa shape index (κ2) is 4.33. The SMILES string of the molecule is COc1ccc(N)c(C#CCN)n1. The Morgan fingerprint density at radius 2 is 2.31 bits per heavy atom. The smallest absolute Gasteiger partial charge is 0.214 e. The maximum atomic E-state index is 5.62. The van der Waals surface area contributed by atoms with Crippen molar-refractivity contribution in [1.82, 2.24) is 4.98 Å². The van der Waals surface area contributed by atoms with E-state index in [4.69, 9.17) is 16.2 Å². The molecule has 68 valence electrons. The first-order chi connectivity index (χ1) is 6.27. The van der Waals surface area contributed by atoms with E-state index in [9.17, 15) is 0 Å². The van der Waals surface area contributed by atoms with Crippen LogP contribution in [0.5, 0.6) is 5.88 Å². The number of rotatable bonds is 1. The summed E-state index contributed by atoms with van der Waals surface area (Å²) in [5, 5.41) is 0. The van der Waals surface area contributed by atoms with Gasteiger partial charge in [-0.05, 0) is 12.0 Å². The van der Waals surface area contributed by atoms with Crippen molar-refractivity contribution in [2.45, 2.75) is 0 Å². The summed E-state index contributed by atoms with van der Waals surface area (Å²) in [5.74, 6) is 5.93. The Kier molecular flexibility index (Phi) is 3.12. The van der Waals surface area contributed by atoms with Gasteiger partial charge in [-0.15, -0.1) is 0 Å². The Bertz CT molecular complexity index is 352. The van der Waals surface area contributed by atoms with E-state index in [0.29, 0.717) is 23.8 Å². The van der Waals surface area contributed by atoms with Crippen LogP contribution in [-0.4, -0.2) is 18.6 Å². The number of pyridine rings is 1. The molecule has 0 amide bonds. The van der Waals surface area contributed by atoms with E-state index in [-0.39, 0.29) is 0 Å². The fourth-order valence-corrected chi connectivity index (χ4v) is 0.801. The third-order valence-electron chi connectivity index (χ3n) is 1.42. The number of anilines is 1. The second-order valence-corrected chi connectivity index (χ2v) is 2.30. The minimum atomic E-state index is 0.290. The van der Waals surface area contributed by atoms with Gasteiger partial charge in [0.25, 0.3) is 0 Å². The molecule has 0 saturated heterocycles. The number of hydrogen-bond acceptors (Lipinski definition) is 4. The van der Waals surface area contributed by atoms with Crippen LogP contribution in [0.2, 0.25) is 0 Å². The summed E-state index contributed by atoms with van der Waals surface area (Å²) in [7, 11) is 1.54. The van der Waals surface area contributed by atoms with Gasteiger partial charge in [-0.1, -0.05) is 5.92 Å². The highest BCUT2D eigenvalue weighted by molar-refractivity contribution is 5.52. The molecule has 13 heavy (non-hydrogen) atoms. The van der Waals surface area contributed by atoms with Crippen LogP contribution in [0.3, 0.4) is 0 Å². The Labute approximate surface area is 76.9 Å². The third-order valence-corrected chi connectivity index (χ3v) is 1.42. The van der Waals surface area contributed by atoms with Crippen molar-refractivity contribution in [1.29, 1.82) is 0 Å². The first-order valence-electron chi connectivity index (χ1n) is 3.77. The Morgan fingerprint density at radius 1 is 1.54 bits per heavy atom. The van der Waals surface area contributed by atoms with Crippen LogP contribution in [0.15, 0.2) is 12.1 Å². The summed E-state index contributed by atoms with van der Waals surface area (Å²) < 4.78 is 4.92. The summed E-state index contributed by atoms with van der Waals surface area (Å²) in [5.41, 5.74) is 11.9. The van der Waals surface area contributed by atoms with E-state index in [1.165, 1.54) is 0 Å². The number of nitrogens with zero attached hydrogens (tertiary/aromatic N) is 1. The zero-order valence-electron chi connectivity index (χ0n) is 7.37. The van der Waals surface area contributed by atoms with Gasteiger partial charge in [0.15, 0.2) is 0 Å². The molecule has 0 saturated carbocycles. The van der Waals surface area contributed by atoms with Gasteiger partial charge in [-0.2, -0.15) is 0 Å². The molecule has 0 spiro atoms. The van der Waals surface area contributed by atoms with Crippen molar-refractivity contribution in [2.75, 3.05) is 19.4 Å². The summed E-state index contributed by atoms with van der Waals surface area (Å²) in [6.45, 7) is 0.290. The molecule has 0 bridgehead atoms. The van der Waals surface area contributed by atoms with Crippen molar-refractivity contribution < 1.29 is 4.74 Å². The van der Waals surface area contributed by atoms with Crippen molar-refractivity contribution in [3.8, 4) is 17.7 Å². The molecule has 4 nitrogen and oxygen atoms in total. The number of nitrogens with two attached hydrogens (primary N) is 2. The molecule has 0 fully saturated rings. The summed E-state index contributed by atoms with van der Waals surface area (Å²) in [6, 6.07) is 3.38. The minimum Gasteiger partial charge on any atom is -0.481 e. The number of ether oxygens (including phenoxy) is 1. The fourth-order valence-electron chi connectivity index (χ4n) is 0.801. The molecular formula is C9H11N3O. The fraction of sp³-hybridized carbons (Fsp3) is 0.222. The number of hydrogen-bond donors (Lipinski definition) is 2. The summed E-state index contributed by atoms with van der Waals surface area (Å²) >= 11 is 0. The maximum absolute atomic E-state index is 5.62. The van der Waals surface area contributed by atoms with Crippen molar-refractivity contribution in [2.24, 2.45) is 5.73 Å². The highest BCUT2D eigenvalue weighted by Crippen LogP contribution is 2.12. The molecule has 4 N–H and O–H groups in total. The van der Waals surface area contributed by atoms with E-state index >= 15 is 0 Å². The molecule has 1 aromatic rings. The summed E-state index contributed by atoms with van der Waals surface area (Å²) in [6.07, 6.45) is 0. The maximum Gasteiger partial charge on any atom is 0.214 e. The van der Waals surface area contributed by atoms with Gasteiger partial charge < -0.3 is 16.2 Å². The number of nitrogen functional groups attached to an aromatic ring is 1. The predicted molar refractivity (Wildman–Crippen MR) is 51.1 cm³/mol. The van der Waals surface area contributed by atoms with Crippen LogP contribution in [0.25, 0.3) is 0 Å². The van der Waals surface area contributed by atoms with Gasteiger partial charge in [-0.25, -0.2) is 4.98 Å². The molecule has 1 heterocycles. The molecule has 1 aromatic heterocycles. The van der Waals surface area contributed by atoms with Crippen LogP contribution in [-0.2, 0) is 0 Å². The van der Waals surface area contributed by atoms with Crippen molar-refractivity contribution >= 4 is 5.69 Å². The van der Waals surface area contributed by atoms with E-state index in [0.717, 1.165) is 0 Å². The first kappa shape index (κ1) is 9.36. The monoisotopic (exact) mass is 177 g/mol. The van der Waals surface area contributed by atoms with E-state index in [1.807, 2.05) is 0 Å². The topological polar surface area (TPSA) is 74.2 Å². The molecule has 0 aromatic carbocycles. The van der Waals surface area contributed by atoms with Gasteiger partial charge in [0.05, 0.1) is 19.3 Å². The Balaban J connectivity index is 3.04. The highest BCUT2D eigenvalue weighted by atomic mass is 16.5. The highest BCUT2D eigenvalue weighted by Gasteiger charge is 1.98. The van der Waals surface area contributed by atoms with Crippen LogP contribution in [0.4, 0.5) is 5.69 Å². The van der Waals surface area contributed by atoms with Crippen molar-refractivity contribution in [3.63, 3.8) is 0 Å².